The van der Waals surface area contributed by atoms with Crippen LogP contribution in [0.2, 0.25) is 5.02 Å². The average molecular weight is 320 g/mol. The first kappa shape index (κ1) is 14.9. The Morgan fingerprint density at radius 3 is 2.90 bits per heavy atom. The first-order valence-electron chi connectivity index (χ1n) is 7.24. The second kappa shape index (κ2) is 6.82. The van der Waals surface area contributed by atoms with Gasteiger partial charge in [0.2, 0.25) is 0 Å². The minimum Gasteiger partial charge on any atom is -0.392 e. The van der Waals surface area contributed by atoms with Gasteiger partial charge >= 0.3 is 0 Å². The molecule has 0 spiro atoms. The maximum absolute atomic E-state index is 10.5. The molecule has 0 aliphatic heterocycles. The summed E-state index contributed by atoms with van der Waals surface area (Å²) in [6.07, 6.45) is 4.70. The van der Waals surface area contributed by atoms with E-state index in [4.69, 9.17) is 11.6 Å². The summed E-state index contributed by atoms with van der Waals surface area (Å²) in [7, 11) is 0. The molecule has 1 aromatic heterocycles. The lowest BCUT2D eigenvalue weighted by molar-refractivity contribution is 0.155. The number of fused-ring (bicyclic) bond motifs is 1. The Kier molecular flexibility index (Phi) is 4.84. The summed E-state index contributed by atoms with van der Waals surface area (Å²) in [5, 5.41) is 11.3. The molecule has 1 aliphatic rings. The topological polar surface area (TPSA) is 33.1 Å². The van der Waals surface area contributed by atoms with Crippen LogP contribution in [-0.2, 0) is 6.42 Å². The van der Waals surface area contributed by atoms with Gasteiger partial charge < -0.3 is 5.11 Å². The van der Waals surface area contributed by atoms with Gasteiger partial charge in [-0.25, -0.2) is 0 Å². The van der Waals surface area contributed by atoms with E-state index in [9.17, 15) is 5.11 Å². The summed E-state index contributed by atoms with van der Waals surface area (Å²) in [6, 6.07) is 11.9. The number of nitrogens with zero attached hydrogens (tertiary/aromatic N) is 1. The molecule has 21 heavy (non-hydrogen) atoms. The van der Waals surface area contributed by atoms with Crippen molar-refractivity contribution < 1.29 is 5.11 Å². The number of thioether (sulfide) groups is 1. The van der Waals surface area contributed by atoms with Crippen LogP contribution in [0.5, 0.6) is 0 Å². The number of aryl methyl sites for hydroxylation is 1. The molecule has 0 fully saturated rings. The van der Waals surface area contributed by atoms with E-state index in [1.807, 2.05) is 36.5 Å². The van der Waals surface area contributed by atoms with E-state index in [-0.39, 0.29) is 12.0 Å². The van der Waals surface area contributed by atoms with Crippen molar-refractivity contribution in [1.29, 1.82) is 0 Å². The van der Waals surface area contributed by atoms with Gasteiger partial charge in [0, 0.05) is 33.5 Å². The molecule has 2 unspecified atom stereocenters. The lowest BCUT2D eigenvalue weighted by atomic mass is 9.84. The lowest BCUT2D eigenvalue weighted by Crippen LogP contribution is -2.26. The molecule has 2 atom stereocenters. The third-order valence-corrected chi connectivity index (χ3v) is 5.30. The van der Waals surface area contributed by atoms with Crippen molar-refractivity contribution >= 4 is 23.4 Å². The third kappa shape index (κ3) is 3.60. The van der Waals surface area contributed by atoms with Crippen LogP contribution in [-0.4, -0.2) is 21.9 Å². The maximum atomic E-state index is 10.5. The molecule has 4 heteroatoms. The average Bonchev–Trinajstić information content (AvgIpc) is 2.53. The number of aliphatic hydroxyl groups excluding tert-OH is 1. The third-order valence-electron chi connectivity index (χ3n) is 3.94. The zero-order valence-electron chi connectivity index (χ0n) is 11.7. The van der Waals surface area contributed by atoms with Crippen LogP contribution >= 0.6 is 23.4 Å². The van der Waals surface area contributed by atoms with E-state index in [1.165, 1.54) is 5.56 Å². The fourth-order valence-corrected chi connectivity index (χ4v) is 3.90. The Bertz CT molecular complexity index is 602. The highest BCUT2D eigenvalue weighted by Crippen LogP contribution is 2.34. The predicted molar refractivity (Wildman–Crippen MR) is 88.1 cm³/mol. The summed E-state index contributed by atoms with van der Waals surface area (Å²) in [5.74, 6) is 0.845. The van der Waals surface area contributed by atoms with Crippen LogP contribution in [0, 0.1) is 0 Å². The monoisotopic (exact) mass is 319 g/mol. The molecule has 1 heterocycles. The van der Waals surface area contributed by atoms with Gasteiger partial charge in [-0.2, -0.15) is 0 Å². The molecule has 0 saturated carbocycles. The van der Waals surface area contributed by atoms with Crippen LogP contribution in [0.4, 0.5) is 0 Å². The number of hydrogen-bond donors (Lipinski definition) is 1. The normalized spacial score (nSPS) is 19.0. The van der Waals surface area contributed by atoms with Crippen molar-refractivity contribution in [2.75, 3.05) is 5.75 Å². The fourth-order valence-electron chi connectivity index (χ4n) is 2.85. The van der Waals surface area contributed by atoms with E-state index >= 15 is 0 Å². The minimum absolute atomic E-state index is 0.162. The van der Waals surface area contributed by atoms with Gasteiger partial charge in [-0.05, 0) is 55.2 Å². The Morgan fingerprint density at radius 2 is 2.10 bits per heavy atom. The highest BCUT2D eigenvalue weighted by Gasteiger charge is 2.27. The van der Waals surface area contributed by atoms with Gasteiger partial charge in [0.1, 0.15) is 0 Å². The van der Waals surface area contributed by atoms with Crippen molar-refractivity contribution in [3.05, 3.63) is 58.9 Å². The van der Waals surface area contributed by atoms with Crippen molar-refractivity contribution in [1.82, 2.24) is 4.98 Å². The van der Waals surface area contributed by atoms with Gasteiger partial charge in [-0.3, -0.25) is 4.98 Å². The molecular formula is C17H18ClNOS. The molecule has 2 aromatic rings. The second-order valence-electron chi connectivity index (χ2n) is 5.38. The molecule has 1 N–H and O–H groups in total. The highest BCUT2D eigenvalue weighted by molar-refractivity contribution is 7.99. The summed E-state index contributed by atoms with van der Waals surface area (Å²) >= 11 is 7.55. The van der Waals surface area contributed by atoms with E-state index in [2.05, 4.69) is 11.1 Å². The van der Waals surface area contributed by atoms with E-state index in [0.717, 1.165) is 34.9 Å². The van der Waals surface area contributed by atoms with Crippen LogP contribution < -0.4 is 0 Å². The Morgan fingerprint density at radius 1 is 1.29 bits per heavy atom. The molecule has 3 rings (SSSR count). The molecule has 0 amide bonds. The Balaban J connectivity index is 1.66. The minimum atomic E-state index is -0.361. The smallest absolute Gasteiger partial charge is 0.0717 e. The first-order chi connectivity index (χ1) is 10.2. The molecule has 1 aromatic carbocycles. The molecule has 110 valence electrons. The summed E-state index contributed by atoms with van der Waals surface area (Å²) < 4.78 is 0. The van der Waals surface area contributed by atoms with Gasteiger partial charge in [0.15, 0.2) is 0 Å². The van der Waals surface area contributed by atoms with Crippen LogP contribution in [0.25, 0.3) is 0 Å². The molecule has 2 nitrogen and oxygen atoms in total. The SMILES string of the molecule is OC(CSc1ccc(Cl)cc1)C1CCCc2cccnc21. The Labute approximate surface area is 134 Å². The van der Waals surface area contributed by atoms with Gasteiger partial charge in [0.25, 0.3) is 0 Å². The Hall–Kier alpha value is -1.03. The van der Waals surface area contributed by atoms with Gasteiger partial charge in [-0.15, -0.1) is 11.8 Å². The lowest BCUT2D eigenvalue weighted by Gasteiger charge is -2.28. The number of aliphatic hydroxyl groups is 1. The zero-order chi connectivity index (χ0) is 14.7. The summed E-state index contributed by atoms with van der Waals surface area (Å²) in [5.41, 5.74) is 2.39. The predicted octanol–water partition coefficient (Wildman–Crippen LogP) is 4.31. The quantitative estimate of drug-likeness (QED) is 0.853. The van der Waals surface area contributed by atoms with Crippen LogP contribution in [0.15, 0.2) is 47.5 Å². The van der Waals surface area contributed by atoms with E-state index in [1.54, 1.807) is 11.8 Å². The summed E-state index contributed by atoms with van der Waals surface area (Å²) in [4.78, 5) is 5.64. The number of pyridine rings is 1. The number of halogens is 1. The molecule has 0 saturated heterocycles. The standard InChI is InChI=1S/C17H18ClNOS/c18-13-6-8-14(9-7-13)21-11-16(20)15-5-1-3-12-4-2-10-19-17(12)15/h2,4,6-10,15-16,20H,1,3,5,11H2. The van der Waals surface area contributed by atoms with Gasteiger partial charge in [0.05, 0.1) is 6.10 Å². The number of hydrogen-bond acceptors (Lipinski definition) is 3. The summed E-state index contributed by atoms with van der Waals surface area (Å²) in [6.45, 7) is 0. The van der Waals surface area contributed by atoms with Gasteiger partial charge in [-0.1, -0.05) is 17.7 Å². The maximum Gasteiger partial charge on any atom is 0.0717 e. The fraction of sp³-hybridized carbons (Fsp3) is 0.353. The van der Waals surface area contributed by atoms with Crippen molar-refractivity contribution in [3.8, 4) is 0 Å². The number of aromatic nitrogens is 1. The molecule has 0 radical (unpaired) electrons. The molecule has 1 aliphatic carbocycles. The van der Waals surface area contributed by atoms with Crippen molar-refractivity contribution in [3.63, 3.8) is 0 Å². The number of rotatable bonds is 4. The largest absolute Gasteiger partial charge is 0.392 e. The molecular weight excluding hydrogens is 302 g/mol. The van der Waals surface area contributed by atoms with Crippen molar-refractivity contribution in [2.45, 2.75) is 36.2 Å². The van der Waals surface area contributed by atoms with E-state index in [0.29, 0.717) is 5.75 Å². The first-order valence-corrected chi connectivity index (χ1v) is 8.60. The van der Waals surface area contributed by atoms with Crippen LogP contribution in [0.1, 0.15) is 30.0 Å². The second-order valence-corrected chi connectivity index (χ2v) is 6.91. The van der Waals surface area contributed by atoms with Crippen LogP contribution in [0.3, 0.4) is 0 Å². The molecule has 0 bridgehead atoms. The number of benzene rings is 1. The van der Waals surface area contributed by atoms with Crippen molar-refractivity contribution in [2.24, 2.45) is 0 Å². The zero-order valence-corrected chi connectivity index (χ0v) is 13.3. The van der Waals surface area contributed by atoms with E-state index < -0.39 is 0 Å². The highest BCUT2D eigenvalue weighted by atomic mass is 35.5.